The van der Waals surface area contributed by atoms with Crippen molar-refractivity contribution < 1.29 is 14.6 Å². The Morgan fingerprint density at radius 1 is 1.29 bits per heavy atom. The van der Waals surface area contributed by atoms with Gasteiger partial charge < -0.3 is 20.9 Å². The molecule has 1 unspecified atom stereocenters. The van der Waals surface area contributed by atoms with Gasteiger partial charge in [0, 0.05) is 18.5 Å². The molecule has 110 valence electrons. The van der Waals surface area contributed by atoms with Gasteiger partial charge >= 0.3 is 0 Å². The van der Waals surface area contributed by atoms with Crippen molar-refractivity contribution in [2.45, 2.75) is 12.5 Å². The highest BCUT2D eigenvalue weighted by Crippen LogP contribution is 2.28. The number of hydrogen-bond acceptors (Lipinski definition) is 4. The van der Waals surface area contributed by atoms with E-state index in [0.29, 0.717) is 11.4 Å². The van der Waals surface area contributed by atoms with Gasteiger partial charge in [-0.25, -0.2) is 0 Å². The molecule has 0 fully saturated rings. The molecule has 0 spiro atoms. The van der Waals surface area contributed by atoms with E-state index in [-0.39, 0.29) is 24.1 Å². The van der Waals surface area contributed by atoms with Crippen LogP contribution in [0.4, 0.5) is 5.69 Å². The summed E-state index contributed by atoms with van der Waals surface area (Å²) in [5.74, 6) is 0.266. The lowest BCUT2D eigenvalue weighted by Crippen LogP contribution is -2.20. The van der Waals surface area contributed by atoms with Gasteiger partial charge in [-0.15, -0.1) is 0 Å². The second-order valence-corrected chi connectivity index (χ2v) is 4.65. The van der Waals surface area contributed by atoms with Crippen LogP contribution in [0.25, 0.3) is 0 Å². The third-order valence-electron chi connectivity index (χ3n) is 3.11. The van der Waals surface area contributed by atoms with Crippen molar-refractivity contribution in [1.82, 2.24) is 0 Å². The number of hydrogen-bond donors (Lipinski definition) is 3. The van der Waals surface area contributed by atoms with E-state index < -0.39 is 0 Å². The van der Waals surface area contributed by atoms with Crippen LogP contribution in [0, 0.1) is 0 Å². The van der Waals surface area contributed by atoms with E-state index in [9.17, 15) is 9.90 Å². The van der Waals surface area contributed by atoms with Gasteiger partial charge in [0.2, 0.25) is 5.91 Å². The number of carbonyl (C=O) groups excluding carboxylic acids is 1. The number of phenols is 1. The highest BCUT2D eigenvalue weighted by molar-refractivity contribution is 5.92. The Morgan fingerprint density at radius 3 is 2.67 bits per heavy atom. The third-order valence-corrected chi connectivity index (χ3v) is 3.11. The van der Waals surface area contributed by atoms with Crippen LogP contribution < -0.4 is 15.8 Å². The minimum Gasteiger partial charge on any atom is -0.506 e. The van der Waals surface area contributed by atoms with Gasteiger partial charge in [0.15, 0.2) is 0 Å². The molecule has 0 aliphatic rings. The summed E-state index contributed by atoms with van der Waals surface area (Å²) in [5.41, 5.74) is 7.19. The molecule has 21 heavy (non-hydrogen) atoms. The SMILES string of the molecule is COc1ccc(O)c(NC(=O)CC(N)c2ccccc2)c1. The number of anilines is 1. The Hall–Kier alpha value is -2.53. The van der Waals surface area contributed by atoms with Crippen molar-refractivity contribution in [3.05, 3.63) is 54.1 Å². The zero-order chi connectivity index (χ0) is 15.2. The molecule has 1 amide bonds. The molecule has 4 N–H and O–H groups in total. The normalized spacial score (nSPS) is 11.7. The van der Waals surface area contributed by atoms with Crippen molar-refractivity contribution in [3.8, 4) is 11.5 Å². The fourth-order valence-electron chi connectivity index (χ4n) is 1.96. The fourth-order valence-corrected chi connectivity index (χ4v) is 1.96. The second kappa shape index (κ2) is 6.76. The van der Waals surface area contributed by atoms with Crippen molar-refractivity contribution in [2.24, 2.45) is 5.73 Å². The van der Waals surface area contributed by atoms with Crippen LogP contribution in [0.1, 0.15) is 18.0 Å². The maximum atomic E-state index is 12.0. The molecule has 0 saturated carbocycles. The predicted octanol–water partition coefficient (Wildman–Crippen LogP) is 2.43. The number of rotatable bonds is 5. The van der Waals surface area contributed by atoms with Gasteiger partial charge in [0.1, 0.15) is 11.5 Å². The Balaban J connectivity index is 2.02. The van der Waals surface area contributed by atoms with E-state index in [2.05, 4.69) is 5.32 Å². The van der Waals surface area contributed by atoms with E-state index in [1.54, 1.807) is 12.1 Å². The number of amides is 1. The summed E-state index contributed by atoms with van der Waals surface area (Å²) in [6.45, 7) is 0. The highest BCUT2D eigenvalue weighted by atomic mass is 16.5. The van der Waals surface area contributed by atoms with E-state index in [0.717, 1.165) is 5.56 Å². The summed E-state index contributed by atoms with van der Waals surface area (Å²) >= 11 is 0. The lowest BCUT2D eigenvalue weighted by atomic mass is 10.0. The van der Waals surface area contributed by atoms with Crippen LogP contribution in [0.5, 0.6) is 11.5 Å². The van der Waals surface area contributed by atoms with Crippen LogP contribution in [-0.4, -0.2) is 18.1 Å². The molecule has 2 aromatic carbocycles. The van der Waals surface area contributed by atoms with Gasteiger partial charge in [-0.05, 0) is 17.7 Å². The number of nitrogens with two attached hydrogens (primary N) is 1. The minimum absolute atomic E-state index is 0.0163. The maximum Gasteiger partial charge on any atom is 0.226 e. The molecule has 0 bridgehead atoms. The van der Waals surface area contributed by atoms with Crippen molar-refractivity contribution in [2.75, 3.05) is 12.4 Å². The first-order valence-electron chi connectivity index (χ1n) is 6.57. The number of ether oxygens (including phenoxy) is 1. The first kappa shape index (κ1) is 14.9. The molecule has 0 aliphatic heterocycles. The van der Waals surface area contributed by atoms with Gasteiger partial charge in [-0.3, -0.25) is 4.79 Å². The predicted molar refractivity (Wildman–Crippen MR) is 81.3 cm³/mol. The maximum absolute atomic E-state index is 12.0. The van der Waals surface area contributed by atoms with Crippen molar-refractivity contribution in [1.29, 1.82) is 0 Å². The summed E-state index contributed by atoms with van der Waals surface area (Å²) in [6, 6.07) is 13.6. The monoisotopic (exact) mass is 286 g/mol. The quantitative estimate of drug-likeness (QED) is 0.737. The topological polar surface area (TPSA) is 84.6 Å². The van der Waals surface area contributed by atoms with Gasteiger partial charge in [-0.1, -0.05) is 30.3 Å². The van der Waals surface area contributed by atoms with Gasteiger partial charge in [0.25, 0.3) is 0 Å². The molecule has 5 heteroatoms. The average Bonchev–Trinajstić information content (AvgIpc) is 2.50. The minimum atomic E-state index is -0.390. The number of aromatic hydroxyl groups is 1. The molecular formula is C16H18N2O3. The molecule has 0 radical (unpaired) electrons. The number of nitrogens with one attached hydrogen (secondary N) is 1. The first-order valence-corrected chi connectivity index (χ1v) is 6.57. The van der Waals surface area contributed by atoms with Gasteiger partial charge in [0.05, 0.1) is 12.8 Å². The lowest BCUT2D eigenvalue weighted by molar-refractivity contribution is -0.116. The van der Waals surface area contributed by atoms with E-state index >= 15 is 0 Å². The zero-order valence-electron chi connectivity index (χ0n) is 11.7. The molecule has 5 nitrogen and oxygen atoms in total. The number of methoxy groups -OCH3 is 1. The Morgan fingerprint density at radius 2 is 2.00 bits per heavy atom. The molecule has 0 aliphatic carbocycles. The van der Waals surface area contributed by atoms with E-state index in [1.807, 2.05) is 30.3 Å². The summed E-state index contributed by atoms with van der Waals surface area (Å²) < 4.78 is 5.05. The molecule has 0 heterocycles. The van der Waals surface area contributed by atoms with Crippen LogP contribution in [0.2, 0.25) is 0 Å². The van der Waals surface area contributed by atoms with Crippen LogP contribution in [0.15, 0.2) is 48.5 Å². The third kappa shape index (κ3) is 3.97. The molecule has 0 saturated heterocycles. The van der Waals surface area contributed by atoms with Gasteiger partial charge in [-0.2, -0.15) is 0 Å². The average molecular weight is 286 g/mol. The van der Waals surface area contributed by atoms with Crippen molar-refractivity contribution >= 4 is 11.6 Å². The summed E-state index contributed by atoms with van der Waals surface area (Å²) in [7, 11) is 1.52. The molecule has 2 rings (SSSR count). The molecule has 0 aromatic heterocycles. The lowest BCUT2D eigenvalue weighted by Gasteiger charge is -2.13. The highest BCUT2D eigenvalue weighted by Gasteiger charge is 2.13. The first-order chi connectivity index (χ1) is 10.1. The summed E-state index contributed by atoms with van der Waals surface area (Å²) in [6.07, 6.45) is 0.126. The Labute approximate surface area is 123 Å². The number of phenolic OH excluding ortho intramolecular Hbond substituents is 1. The largest absolute Gasteiger partial charge is 0.506 e. The fraction of sp³-hybridized carbons (Fsp3) is 0.188. The summed E-state index contributed by atoms with van der Waals surface area (Å²) in [5, 5.41) is 12.4. The standard InChI is InChI=1S/C16H18N2O3/c1-21-12-7-8-15(19)14(9-12)18-16(20)10-13(17)11-5-3-2-4-6-11/h2-9,13,19H,10,17H2,1H3,(H,18,20). The molecular weight excluding hydrogens is 268 g/mol. The Kier molecular flexibility index (Phi) is 4.79. The summed E-state index contributed by atoms with van der Waals surface area (Å²) in [4.78, 5) is 12.0. The number of carbonyl (C=O) groups is 1. The molecule has 1 atom stereocenters. The van der Waals surface area contributed by atoms with Crippen LogP contribution in [0.3, 0.4) is 0 Å². The van der Waals surface area contributed by atoms with E-state index in [4.69, 9.17) is 10.5 Å². The molecule has 2 aromatic rings. The van der Waals surface area contributed by atoms with Crippen LogP contribution >= 0.6 is 0 Å². The Bertz CT molecular complexity index is 614. The van der Waals surface area contributed by atoms with Crippen LogP contribution in [-0.2, 0) is 4.79 Å². The number of benzene rings is 2. The van der Waals surface area contributed by atoms with Crippen molar-refractivity contribution in [3.63, 3.8) is 0 Å². The smallest absolute Gasteiger partial charge is 0.226 e. The van der Waals surface area contributed by atoms with E-state index in [1.165, 1.54) is 13.2 Å². The second-order valence-electron chi connectivity index (χ2n) is 4.65. The zero-order valence-corrected chi connectivity index (χ0v) is 11.7.